The van der Waals surface area contributed by atoms with Crippen LogP contribution in [0.5, 0.6) is 0 Å². The molecule has 21 heavy (non-hydrogen) atoms. The van der Waals surface area contributed by atoms with Crippen molar-refractivity contribution < 1.29 is 22.8 Å². The van der Waals surface area contributed by atoms with Crippen molar-refractivity contribution in [3.63, 3.8) is 0 Å². The topological polar surface area (TPSA) is 66.6 Å². The maximum Gasteiger partial charge on any atom is 0.391 e. The molecule has 0 aliphatic carbocycles. The Morgan fingerprint density at radius 1 is 1.00 bits per heavy atom. The van der Waals surface area contributed by atoms with Gasteiger partial charge in [-0.3, -0.25) is 4.79 Å². The Labute approximate surface area is 121 Å². The van der Waals surface area contributed by atoms with Crippen molar-refractivity contribution in [2.45, 2.75) is 31.9 Å². The van der Waals surface area contributed by atoms with Crippen LogP contribution in [0.1, 0.15) is 25.7 Å². The monoisotopic (exact) mass is 307 g/mol. The number of piperidine rings is 2. The number of likely N-dealkylation sites (tertiary alicyclic amines) is 2. The summed E-state index contributed by atoms with van der Waals surface area (Å²) in [6.07, 6.45) is -2.91. The smallest absolute Gasteiger partial charge is 0.351 e. The molecule has 2 N–H and O–H groups in total. The highest BCUT2D eigenvalue weighted by molar-refractivity contribution is 5.80. The molecule has 2 aliphatic heterocycles. The van der Waals surface area contributed by atoms with Crippen molar-refractivity contribution in [2.24, 2.45) is 17.6 Å². The second kappa shape index (κ2) is 6.11. The van der Waals surface area contributed by atoms with Gasteiger partial charge in [0.15, 0.2) is 0 Å². The minimum Gasteiger partial charge on any atom is -0.351 e. The molecule has 0 aromatic rings. The number of carbonyl (C=O) groups is 2. The lowest BCUT2D eigenvalue weighted by Gasteiger charge is -2.37. The lowest BCUT2D eigenvalue weighted by atomic mass is 9.92. The fourth-order valence-electron chi connectivity index (χ4n) is 3.06. The van der Waals surface area contributed by atoms with Crippen LogP contribution < -0.4 is 5.73 Å². The summed E-state index contributed by atoms with van der Waals surface area (Å²) in [6.45, 7) is 1.08. The number of nitrogens with zero attached hydrogens (tertiary/aromatic N) is 2. The number of halogens is 3. The summed E-state index contributed by atoms with van der Waals surface area (Å²) in [5.74, 6) is -1.80. The van der Waals surface area contributed by atoms with Gasteiger partial charge >= 0.3 is 12.2 Å². The van der Waals surface area contributed by atoms with Crippen LogP contribution in [0.25, 0.3) is 0 Å². The predicted octanol–water partition coefficient (Wildman–Crippen LogP) is 1.58. The Morgan fingerprint density at radius 2 is 1.62 bits per heavy atom. The highest BCUT2D eigenvalue weighted by Gasteiger charge is 2.42. The molecule has 0 radical (unpaired) electrons. The maximum absolute atomic E-state index is 12.6. The molecule has 2 fully saturated rings. The van der Waals surface area contributed by atoms with Crippen molar-refractivity contribution >= 4 is 11.9 Å². The van der Waals surface area contributed by atoms with Crippen LogP contribution in [-0.4, -0.2) is 54.1 Å². The SMILES string of the molecule is NC(=O)N1CCCC(C(=O)N2CCC(C(F)(F)F)CC2)C1. The number of carbonyl (C=O) groups excluding carboxylic acids is 2. The number of rotatable bonds is 1. The normalized spacial score (nSPS) is 25.0. The summed E-state index contributed by atoms with van der Waals surface area (Å²) in [7, 11) is 0. The molecule has 0 aromatic carbocycles. The fraction of sp³-hybridized carbons (Fsp3) is 0.846. The first-order valence-corrected chi connectivity index (χ1v) is 7.19. The molecule has 0 saturated carbocycles. The molecule has 0 aromatic heterocycles. The first kappa shape index (κ1) is 15.9. The third-order valence-electron chi connectivity index (χ3n) is 4.35. The fourth-order valence-corrected chi connectivity index (χ4v) is 3.06. The Balaban J connectivity index is 1.88. The summed E-state index contributed by atoms with van der Waals surface area (Å²) in [5, 5.41) is 0. The predicted molar refractivity (Wildman–Crippen MR) is 69.2 cm³/mol. The number of amides is 3. The van der Waals surface area contributed by atoms with E-state index in [0.717, 1.165) is 0 Å². The van der Waals surface area contributed by atoms with Crippen molar-refractivity contribution in [2.75, 3.05) is 26.2 Å². The van der Waals surface area contributed by atoms with E-state index in [1.807, 2.05) is 0 Å². The Hall–Kier alpha value is -1.47. The van der Waals surface area contributed by atoms with E-state index in [0.29, 0.717) is 19.4 Å². The minimum absolute atomic E-state index is 0.0402. The van der Waals surface area contributed by atoms with Crippen molar-refractivity contribution in [3.05, 3.63) is 0 Å². The molecule has 2 saturated heterocycles. The number of nitrogens with two attached hydrogens (primary N) is 1. The van der Waals surface area contributed by atoms with E-state index in [1.165, 1.54) is 9.80 Å². The van der Waals surface area contributed by atoms with Gasteiger partial charge in [0.2, 0.25) is 5.91 Å². The van der Waals surface area contributed by atoms with E-state index in [1.54, 1.807) is 0 Å². The number of hydrogen-bond acceptors (Lipinski definition) is 2. The van der Waals surface area contributed by atoms with Crippen LogP contribution in [-0.2, 0) is 4.79 Å². The summed E-state index contributed by atoms with van der Waals surface area (Å²) < 4.78 is 37.8. The van der Waals surface area contributed by atoms with E-state index >= 15 is 0 Å². The van der Waals surface area contributed by atoms with Gasteiger partial charge in [-0.25, -0.2) is 4.79 Å². The lowest BCUT2D eigenvalue weighted by Crippen LogP contribution is -2.50. The number of primary amides is 1. The largest absolute Gasteiger partial charge is 0.391 e. The average Bonchev–Trinajstić information content (AvgIpc) is 2.46. The van der Waals surface area contributed by atoms with Gasteiger partial charge in [-0.2, -0.15) is 13.2 Å². The molecule has 8 heteroatoms. The third-order valence-corrected chi connectivity index (χ3v) is 4.35. The van der Waals surface area contributed by atoms with Crippen LogP contribution in [0.4, 0.5) is 18.0 Å². The van der Waals surface area contributed by atoms with Crippen molar-refractivity contribution in [3.8, 4) is 0 Å². The number of hydrogen-bond donors (Lipinski definition) is 1. The molecule has 5 nitrogen and oxygen atoms in total. The lowest BCUT2D eigenvalue weighted by molar-refractivity contribution is -0.187. The van der Waals surface area contributed by atoms with Crippen LogP contribution in [0.2, 0.25) is 0 Å². The van der Waals surface area contributed by atoms with Crippen LogP contribution >= 0.6 is 0 Å². The standard InChI is InChI=1S/C13H20F3N3O2/c14-13(15,16)10-3-6-18(7-4-10)11(20)9-2-1-5-19(8-9)12(17)21/h9-10H,1-8H2,(H2,17,21). The second-order valence-electron chi connectivity index (χ2n) is 5.76. The van der Waals surface area contributed by atoms with E-state index < -0.39 is 18.1 Å². The van der Waals surface area contributed by atoms with Crippen LogP contribution in [0, 0.1) is 11.8 Å². The Bertz CT molecular complexity index is 406. The van der Waals surface area contributed by atoms with Gasteiger partial charge in [-0.05, 0) is 25.7 Å². The van der Waals surface area contributed by atoms with Crippen molar-refractivity contribution in [1.29, 1.82) is 0 Å². The highest BCUT2D eigenvalue weighted by atomic mass is 19.4. The zero-order chi connectivity index (χ0) is 15.6. The molecule has 0 bridgehead atoms. The summed E-state index contributed by atoms with van der Waals surface area (Å²) >= 11 is 0. The molecule has 1 atom stereocenters. The van der Waals surface area contributed by atoms with E-state index in [2.05, 4.69) is 0 Å². The quantitative estimate of drug-likeness (QED) is 0.799. The summed E-state index contributed by atoms with van der Waals surface area (Å²) in [6, 6.07) is -0.553. The molecule has 2 rings (SSSR count). The van der Waals surface area contributed by atoms with E-state index in [4.69, 9.17) is 5.73 Å². The number of alkyl halides is 3. The van der Waals surface area contributed by atoms with Crippen LogP contribution in [0.3, 0.4) is 0 Å². The van der Waals surface area contributed by atoms with E-state index in [-0.39, 0.29) is 44.3 Å². The van der Waals surface area contributed by atoms with Gasteiger partial charge in [0, 0.05) is 26.2 Å². The van der Waals surface area contributed by atoms with Gasteiger partial charge in [0.25, 0.3) is 0 Å². The van der Waals surface area contributed by atoms with E-state index in [9.17, 15) is 22.8 Å². The van der Waals surface area contributed by atoms with Gasteiger partial charge in [-0.1, -0.05) is 0 Å². The molecule has 0 spiro atoms. The molecule has 3 amide bonds. The summed E-state index contributed by atoms with van der Waals surface area (Å²) in [4.78, 5) is 26.4. The average molecular weight is 307 g/mol. The van der Waals surface area contributed by atoms with Gasteiger partial charge in [-0.15, -0.1) is 0 Å². The number of urea groups is 1. The molecule has 1 unspecified atom stereocenters. The highest BCUT2D eigenvalue weighted by Crippen LogP contribution is 2.34. The minimum atomic E-state index is -4.18. The zero-order valence-electron chi connectivity index (χ0n) is 11.7. The molecule has 2 heterocycles. The molecule has 120 valence electrons. The Morgan fingerprint density at radius 3 is 2.14 bits per heavy atom. The van der Waals surface area contributed by atoms with Crippen molar-refractivity contribution in [1.82, 2.24) is 9.80 Å². The first-order chi connectivity index (χ1) is 9.79. The summed E-state index contributed by atoms with van der Waals surface area (Å²) in [5.41, 5.74) is 5.21. The van der Waals surface area contributed by atoms with Gasteiger partial charge < -0.3 is 15.5 Å². The molecular formula is C13H20F3N3O2. The van der Waals surface area contributed by atoms with Crippen LogP contribution in [0.15, 0.2) is 0 Å². The Kier molecular flexibility index (Phi) is 4.63. The second-order valence-corrected chi connectivity index (χ2v) is 5.76. The van der Waals surface area contributed by atoms with Gasteiger partial charge in [0.05, 0.1) is 11.8 Å². The maximum atomic E-state index is 12.6. The third kappa shape index (κ3) is 3.79. The molecule has 2 aliphatic rings. The molecular weight excluding hydrogens is 287 g/mol. The first-order valence-electron chi connectivity index (χ1n) is 7.19. The van der Waals surface area contributed by atoms with Gasteiger partial charge in [0.1, 0.15) is 0 Å². The zero-order valence-corrected chi connectivity index (χ0v) is 11.7.